The number of hydrogen-bond donors (Lipinski definition) is 2. The van der Waals surface area contributed by atoms with Crippen LogP contribution in [-0.4, -0.2) is 22.8 Å². The third-order valence-electron chi connectivity index (χ3n) is 1.74. The highest BCUT2D eigenvalue weighted by Crippen LogP contribution is 2.14. The molecule has 14 heavy (non-hydrogen) atoms. The van der Waals surface area contributed by atoms with Crippen molar-refractivity contribution in [2.45, 2.75) is 13.3 Å². The molecule has 1 aliphatic rings. The monoisotopic (exact) mass is 196 g/mol. The van der Waals surface area contributed by atoms with E-state index >= 15 is 0 Å². The average molecular weight is 196 g/mol. The van der Waals surface area contributed by atoms with E-state index in [0.717, 1.165) is 0 Å². The van der Waals surface area contributed by atoms with Crippen LogP contribution in [0.3, 0.4) is 0 Å². The molecule has 0 spiro atoms. The Morgan fingerprint density at radius 2 is 2.21 bits per heavy atom. The molecule has 0 unspecified atom stereocenters. The molecule has 0 saturated heterocycles. The number of aliphatic hydroxyl groups is 2. The molecule has 0 heterocycles. The van der Waals surface area contributed by atoms with Crippen molar-refractivity contribution in [1.29, 1.82) is 0 Å². The van der Waals surface area contributed by atoms with Gasteiger partial charge in [-0.05, 0) is 19.1 Å². The molecule has 4 heteroatoms. The largest absolute Gasteiger partial charge is 0.508 e. The number of allylic oxidation sites excluding steroid dienone is 2. The van der Waals surface area contributed by atoms with Gasteiger partial charge in [0.25, 0.3) is 0 Å². The number of aliphatic hydroxyl groups excluding tert-OH is 2. The van der Waals surface area contributed by atoms with Crippen molar-refractivity contribution < 1.29 is 19.7 Å². The lowest BCUT2D eigenvalue weighted by molar-refractivity contribution is -0.138. The number of hydrogen-bond acceptors (Lipinski definition) is 4. The molecule has 0 radical (unpaired) electrons. The van der Waals surface area contributed by atoms with Crippen LogP contribution in [-0.2, 0) is 9.53 Å². The third-order valence-corrected chi connectivity index (χ3v) is 1.74. The SMILES string of the molecule is CCOC(=O)C1=CCC(O)=C(O)C=C1. The maximum Gasteiger partial charge on any atom is 0.337 e. The first-order valence-corrected chi connectivity index (χ1v) is 4.31. The van der Waals surface area contributed by atoms with Gasteiger partial charge in [-0.2, -0.15) is 0 Å². The van der Waals surface area contributed by atoms with Gasteiger partial charge in [-0.25, -0.2) is 4.79 Å². The molecule has 4 nitrogen and oxygen atoms in total. The lowest BCUT2D eigenvalue weighted by atomic mass is 10.2. The Labute approximate surface area is 81.8 Å². The minimum atomic E-state index is -0.453. The van der Waals surface area contributed by atoms with E-state index < -0.39 is 5.97 Å². The summed E-state index contributed by atoms with van der Waals surface area (Å²) in [7, 11) is 0. The van der Waals surface area contributed by atoms with E-state index in [1.54, 1.807) is 6.92 Å². The van der Waals surface area contributed by atoms with E-state index in [1.165, 1.54) is 18.2 Å². The Bertz CT molecular complexity index is 323. The molecule has 0 bridgehead atoms. The lowest BCUT2D eigenvalue weighted by Crippen LogP contribution is -2.05. The van der Waals surface area contributed by atoms with Gasteiger partial charge in [0.15, 0.2) is 5.76 Å². The summed E-state index contributed by atoms with van der Waals surface area (Å²) in [6.07, 6.45) is 4.32. The van der Waals surface area contributed by atoms with Crippen LogP contribution in [0.4, 0.5) is 0 Å². The minimum absolute atomic E-state index is 0.132. The van der Waals surface area contributed by atoms with E-state index in [4.69, 9.17) is 14.9 Å². The quantitative estimate of drug-likeness (QED) is 0.660. The molecule has 0 atom stereocenters. The van der Waals surface area contributed by atoms with Gasteiger partial charge in [-0.1, -0.05) is 6.08 Å². The fraction of sp³-hybridized carbons (Fsp3) is 0.300. The van der Waals surface area contributed by atoms with Crippen LogP contribution in [0, 0.1) is 0 Å². The molecule has 0 fully saturated rings. The van der Waals surface area contributed by atoms with Gasteiger partial charge >= 0.3 is 5.97 Å². The van der Waals surface area contributed by atoms with Crippen molar-refractivity contribution in [1.82, 2.24) is 0 Å². The zero-order valence-corrected chi connectivity index (χ0v) is 7.86. The van der Waals surface area contributed by atoms with Gasteiger partial charge in [0.05, 0.1) is 12.2 Å². The smallest absolute Gasteiger partial charge is 0.337 e. The van der Waals surface area contributed by atoms with Crippen molar-refractivity contribution in [2.24, 2.45) is 0 Å². The standard InChI is InChI=1S/C10H12O4/c1-2-14-10(13)7-3-5-8(11)9(12)6-4-7/h3-5,11-12H,2,6H2,1H3. The number of carbonyl (C=O) groups is 1. The Balaban J connectivity index is 2.77. The lowest BCUT2D eigenvalue weighted by Gasteiger charge is -2.00. The van der Waals surface area contributed by atoms with Crippen LogP contribution in [0.25, 0.3) is 0 Å². The second kappa shape index (κ2) is 4.50. The Morgan fingerprint density at radius 3 is 2.86 bits per heavy atom. The van der Waals surface area contributed by atoms with Gasteiger partial charge < -0.3 is 14.9 Å². The fourth-order valence-corrected chi connectivity index (χ4v) is 1.01. The fourth-order valence-electron chi connectivity index (χ4n) is 1.01. The number of rotatable bonds is 2. The summed E-state index contributed by atoms with van der Waals surface area (Å²) in [4.78, 5) is 11.2. The van der Waals surface area contributed by atoms with E-state index in [-0.39, 0.29) is 17.9 Å². The van der Waals surface area contributed by atoms with Gasteiger partial charge in [-0.3, -0.25) is 0 Å². The summed E-state index contributed by atoms with van der Waals surface area (Å²) < 4.78 is 4.77. The van der Waals surface area contributed by atoms with Crippen molar-refractivity contribution in [3.05, 3.63) is 35.3 Å². The molecule has 0 aromatic carbocycles. The Hall–Kier alpha value is -1.71. The molecule has 0 aromatic rings. The van der Waals surface area contributed by atoms with Crippen LogP contribution < -0.4 is 0 Å². The predicted molar refractivity (Wildman–Crippen MR) is 50.8 cm³/mol. The number of carbonyl (C=O) groups excluding carboxylic acids is 1. The predicted octanol–water partition coefficient (Wildman–Crippen LogP) is 1.76. The van der Waals surface area contributed by atoms with Crippen molar-refractivity contribution in [3.8, 4) is 0 Å². The summed E-state index contributed by atoms with van der Waals surface area (Å²) in [5.74, 6) is -0.827. The first-order chi connectivity index (χ1) is 6.65. The molecule has 0 amide bonds. The number of esters is 1. The van der Waals surface area contributed by atoms with Crippen LogP contribution in [0.5, 0.6) is 0 Å². The van der Waals surface area contributed by atoms with Gasteiger partial charge in [0.2, 0.25) is 0 Å². The maximum atomic E-state index is 11.2. The molecule has 0 aromatic heterocycles. The van der Waals surface area contributed by atoms with Gasteiger partial charge in [0, 0.05) is 6.42 Å². The summed E-state index contributed by atoms with van der Waals surface area (Å²) in [6.45, 7) is 2.02. The highest BCUT2D eigenvalue weighted by Gasteiger charge is 2.11. The van der Waals surface area contributed by atoms with Crippen LogP contribution in [0.1, 0.15) is 13.3 Å². The molecule has 0 aliphatic heterocycles. The summed E-state index contributed by atoms with van der Waals surface area (Å²) >= 11 is 0. The maximum absolute atomic E-state index is 11.2. The van der Waals surface area contributed by atoms with Crippen molar-refractivity contribution >= 4 is 5.97 Å². The number of ether oxygens (including phenoxy) is 1. The third kappa shape index (κ3) is 2.39. The van der Waals surface area contributed by atoms with Crippen molar-refractivity contribution in [3.63, 3.8) is 0 Å². The Morgan fingerprint density at radius 1 is 1.50 bits per heavy atom. The van der Waals surface area contributed by atoms with E-state index in [2.05, 4.69) is 0 Å². The first-order valence-electron chi connectivity index (χ1n) is 4.31. The summed E-state index contributed by atoms with van der Waals surface area (Å²) in [5, 5.41) is 18.3. The second-order valence-corrected chi connectivity index (χ2v) is 2.75. The molecule has 1 aliphatic carbocycles. The molecular weight excluding hydrogens is 184 g/mol. The zero-order chi connectivity index (χ0) is 10.6. The van der Waals surface area contributed by atoms with Crippen LogP contribution in [0.2, 0.25) is 0 Å². The molecular formula is C10H12O4. The van der Waals surface area contributed by atoms with E-state index in [9.17, 15) is 4.79 Å². The topological polar surface area (TPSA) is 66.8 Å². The highest BCUT2D eigenvalue weighted by atomic mass is 16.5. The zero-order valence-electron chi connectivity index (χ0n) is 7.86. The van der Waals surface area contributed by atoms with Gasteiger partial charge in [-0.15, -0.1) is 0 Å². The molecule has 1 rings (SSSR count). The molecule has 2 N–H and O–H groups in total. The molecule has 76 valence electrons. The summed E-state index contributed by atoms with van der Waals surface area (Å²) in [5.41, 5.74) is 0.336. The van der Waals surface area contributed by atoms with Gasteiger partial charge in [0.1, 0.15) is 5.76 Å². The molecule has 0 saturated carbocycles. The Kier molecular flexibility index (Phi) is 3.34. The summed E-state index contributed by atoms with van der Waals surface area (Å²) in [6, 6.07) is 0. The minimum Gasteiger partial charge on any atom is -0.508 e. The van der Waals surface area contributed by atoms with Crippen LogP contribution >= 0.6 is 0 Å². The van der Waals surface area contributed by atoms with Crippen molar-refractivity contribution in [2.75, 3.05) is 6.61 Å². The second-order valence-electron chi connectivity index (χ2n) is 2.75. The normalized spacial score (nSPS) is 16.2. The van der Waals surface area contributed by atoms with E-state index in [0.29, 0.717) is 12.2 Å². The highest BCUT2D eigenvalue weighted by molar-refractivity contribution is 5.91. The first kappa shape index (κ1) is 10.4. The van der Waals surface area contributed by atoms with E-state index in [1.807, 2.05) is 0 Å². The van der Waals surface area contributed by atoms with Crippen LogP contribution in [0.15, 0.2) is 35.3 Å². The average Bonchev–Trinajstić information content (AvgIpc) is 2.31.